The van der Waals surface area contributed by atoms with Gasteiger partial charge in [-0.1, -0.05) is 23.7 Å². The van der Waals surface area contributed by atoms with Crippen LogP contribution >= 0.6 is 11.6 Å². The number of hydrogen-bond donors (Lipinski definition) is 2. The van der Waals surface area contributed by atoms with E-state index in [0.717, 1.165) is 6.07 Å². The first-order valence-electron chi connectivity index (χ1n) is 8.27. The molecule has 27 heavy (non-hydrogen) atoms. The number of halogens is 4. The van der Waals surface area contributed by atoms with Crippen LogP contribution in [0.25, 0.3) is 0 Å². The number of benzene rings is 1. The molecule has 0 saturated carbocycles. The minimum Gasteiger partial charge on any atom is -0.381 e. The zero-order valence-corrected chi connectivity index (χ0v) is 14.9. The Kier molecular flexibility index (Phi) is 5.86. The molecular weight excluding hydrogens is 383 g/mol. The van der Waals surface area contributed by atoms with Gasteiger partial charge in [-0.05, 0) is 24.6 Å². The number of carbonyl (C=O) groups excluding carboxylic acids is 1. The molecule has 1 fully saturated rings. The van der Waals surface area contributed by atoms with Crippen molar-refractivity contribution in [1.82, 2.24) is 10.3 Å². The van der Waals surface area contributed by atoms with E-state index in [0.29, 0.717) is 31.0 Å². The van der Waals surface area contributed by atoms with Crippen LogP contribution in [0.1, 0.15) is 17.7 Å². The number of para-hydroxylation sites is 1. The number of carbonyl (C=O) groups is 1. The van der Waals surface area contributed by atoms with E-state index in [1.54, 1.807) is 0 Å². The Bertz CT molecular complexity index is 824. The maximum Gasteiger partial charge on any atom is 0.418 e. The van der Waals surface area contributed by atoms with E-state index in [4.69, 9.17) is 16.3 Å². The highest BCUT2D eigenvalue weighted by molar-refractivity contribution is 6.31. The lowest BCUT2D eigenvalue weighted by atomic mass is 10.1. The molecule has 1 aromatic heterocycles. The molecule has 0 bridgehead atoms. The second-order valence-corrected chi connectivity index (χ2v) is 6.51. The molecule has 0 aliphatic carbocycles. The van der Waals surface area contributed by atoms with E-state index in [1.165, 1.54) is 30.5 Å². The monoisotopic (exact) mass is 399 g/mol. The standard InChI is InChI=1S/C18H17ClF3N3O2/c19-14-7-12(25-15-4-2-1-3-13(15)18(20,21)22)8-23-16(14)9-24-17(26)11-5-6-27-10-11/h1-4,7-8,11,25H,5-6,9-10H2,(H,24,26)/t11-/m1/s1. The summed E-state index contributed by atoms with van der Waals surface area (Å²) in [5.41, 5.74) is -0.129. The van der Waals surface area contributed by atoms with Gasteiger partial charge in [0.1, 0.15) is 0 Å². The van der Waals surface area contributed by atoms with Crippen LogP contribution in [0.4, 0.5) is 24.5 Å². The summed E-state index contributed by atoms with van der Waals surface area (Å²) in [5, 5.41) is 5.67. The first kappa shape index (κ1) is 19.4. The van der Waals surface area contributed by atoms with E-state index >= 15 is 0 Å². The van der Waals surface area contributed by atoms with Crippen LogP contribution in [0, 0.1) is 5.92 Å². The van der Waals surface area contributed by atoms with Crippen molar-refractivity contribution in [3.8, 4) is 0 Å². The molecule has 0 unspecified atom stereocenters. The molecule has 3 rings (SSSR count). The first-order chi connectivity index (χ1) is 12.8. The fraction of sp³-hybridized carbons (Fsp3) is 0.333. The summed E-state index contributed by atoms with van der Waals surface area (Å²) in [6, 6.07) is 6.62. The van der Waals surface area contributed by atoms with Crippen molar-refractivity contribution in [3.05, 3.63) is 52.8 Å². The van der Waals surface area contributed by atoms with E-state index in [9.17, 15) is 18.0 Å². The van der Waals surface area contributed by atoms with Gasteiger partial charge in [0, 0.05) is 6.61 Å². The highest BCUT2D eigenvalue weighted by Gasteiger charge is 2.33. The van der Waals surface area contributed by atoms with Gasteiger partial charge in [0.15, 0.2) is 0 Å². The fourth-order valence-electron chi connectivity index (χ4n) is 2.72. The predicted octanol–water partition coefficient (Wildman–Crippen LogP) is 4.15. The van der Waals surface area contributed by atoms with Crippen LogP contribution in [-0.4, -0.2) is 24.1 Å². The van der Waals surface area contributed by atoms with Gasteiger partial charge < -0.3 is 15.4 Å². The third-order valence-electron chi connectivity index (χ3n) is 4.16. The van der Waals surface area contributed by atoms with E-state index in [2.05, 4.69) is 15.6 Å². The van der Waals surface area contributed by atoms with Crippen LogP contribution in [0.2, 0.25) is 5.02 Å². The maximum absolute atomic E-state index is 13.1. The minimum absolute atomic E-state index is 0.0925. The number of ether oxygens (including phenoxy) is 1. The number of nitrogens with one attached hydrogen (secondary N) is 2. The fourth-order valence-corrected chi connectivity index (χ4v) is 2.95. The zero-order chi connectivity index (χ0) is 19.4. The largest absolute Gasteiger partial charge is 0.418 e. The Hall–Kier alpha value is -2.32. The van der Waals surface area contributed by atoms with Crippen molar-refractivity contribution in [3.63, 3.8) is 0 Å². The Labute approximate surface area is 158 Å². The second kappa shape index (κ2) is 8.14. The normalized spacial score (nSPS) is 17.0. The van der Waals surface area contributed by atoms with Gasteiger partial charge in [0.25, 0.3) is 0 Å². The Morgan fingerprint density at radius 3 is 2.78 bits per heavy atom. The lowest BCUT2D eigenvalue weighted by molar-refractivity contribution is -0.137. The third-order valence-corrected chi connectivity index (χ3v) is 4.49. The van der Waals surface area contributed by atoms with Gasteiger partial charge in [-0.15, -0.1) is 0 Å². The molecule has 2 aromatic rings. The highest BCUT2D eigenvalue weighted by atomic mass is 35.5. The topological polar surface area (TPSA) is 63.2 Å². The molecule has 144 valence electrons. The van der Waals surface area contributed by atoms with Crippen molar-refractivity contribution in [2.24, 2.45) is 5.92 Å². The molecule has 2 N–H and O–H groups in total. The molecule has 1 aromatic carbocycles. The molecule has 1 saturated heterocycles. The summed E-state index contributed by atoms with van der Waals surface area (Å²) in [6.45, 7) is 1.10. The molecule has 5 nitrogen and oxygen atoms in total. The van der Waals surface area contributed by atoms with Gasteiger partial charge >= 0.3 is 6.18 Å². The van der Waals surface area contributed by atoms with E-state index in [-0.39, 0.29) is 29.1 Å². The minimum atomic E-state index is -4.48. The molecule has 1 amide bonds. The Balaban J connectivity index is 1.67. The number of anilines is 2. The SMILES string of the molecule is O=C(NCc1ncc(Nc2ccccc2C(F)(F)F)cc1Cl)[C@@H]1CCOC1. The molecular formula is C18H17ClF3N3O2. The average Bonchev–Trinajstić information content (AvgIpc) is 3.15. The molecule has 1 atom stereocenters. The summed E-state index contributed by atoms with van der Waals surface area (Å²) in [5.74, 6) is -0.310. The maximum atomic E-state index is 13.1. The van der Waals surface area contributed by atoms with Crippen LogP contribution in [0.5, 0.6) is 0 Å². The van der Waals surface area contributed by atoms with Crippen molar-refractivity contribution >= 4 is 28.9 Å². The van der Waals surface area contributed by atoms with Crippen LogP contribution in [-0.2, 0) is 22.3 Å². The first-order valence-corrected chi connectivity index (χ1v) is 8.65. The van der Waals surface area contributed by atoms with Crippen LogP contribution < -0.4 is 10.6 Å². The number of nitrogens with zero attached hydrogens (tertiary/aromatic N) is 1. The second-order valence-electron chi connectivity index (χ2n) is 6.10. The van der Waals surface area contributed by atoms with Gasteiger partial charge in [0.2, 0.25) is 5.91 Å². The van der Waals surface area contributed by atoms with Crippen LogP contribution in [0.15, 0.2) is 36.5 Å². The number of pyridine rings is 1. The smallest absolute Gasteiger partial charge is 0.381 e. The van der Waals surface area contributed by atoms with E-state index < -0.39 is 11.7 Å². The molecule has 2 heterocycles. The Morgan fingerprint density at radius 2 is 2.11 bits per heavy atom. The number of hydrogen-bond acceptors (Lipinski definition) is 4. The summed E-state index contributed by atoms with van der Waals surface area (Å²) < 4.78 is 44.4. The average molecular weight is 400 g/mol. The van der Waals surface area contributed by atoms with Gasteiger partial charge in [-0.3, -0.25) is 9.78 Å². The number of rotatable bonds is 5. The lowest BCUT2D eigenvalue weighted by Crippen LogP contribution is -2.30. The van der Waals surface area contributed by atoms with Crippen molar-refractivity contribution < 1.29 is 22.7 Å². The summed E-state index contributed by atoms with van der Waals surface area (Å²) in [4.78, 5) is 16.1. The quantitative estimate of drug-likeness (QED) is 0.792. The van der Waals surface area contributed by atoms with Crippen molar-refractivity contribution in [2.75, 3.05) is 18.5 Å². The number of alkyl halides is 3. The summed E-state index contributed by atoms with van der Waals surface area (Å²) >= 11 is 6.17. The molecule has 0 radical (unpaired) electrons. The summed E-state index contributed by atoms with van der Waals surface area (Å²) in [6.07, 6.45) is -2.43. The highest BCUT2D eigenvalue weighted by Crippen LogP contribution is 2.36. The zero-order valence-electron chi connectivity index (χ0n) is 14.1. The summed E-state index contributed by atoms with van der Waals surface area (Å²) in [7, 11) is 0. The van der Waals surface area contributed by atoms with Gasteiger partial charge in [-0.2, -0.15) is 13.2 Å². The van der Waals surface area contributed by atoms with Gasteiger partial charge in [-0.25, -0.2) is 0 Å². The lowest BCUT2D eigenvalue weighted by Gasteiger charge is -2.15. The van der Waals surface area contributed by atoms with E-state index in [1.807, 2.05) is 0 Å². The van der Waals surface area contributed by atoms with Crippen molar-refractivity contribution in [1.29, 1.82) is 0 Å². The predicted molar refractivity (Wildman–Crippen MR) is 94.7 cm³/mol. The molecule has 1 aliphatic heterocycles. The molecule has 9 heteroatoms. The molecule has 0 spiro atoms. The number of aromatic nitrogens is 1. The third kappa shape index (κ3) is 4.90. The molecule has 1 aliphatic rings. The van der Waals surface area contributed by atoms with Crippen molar-refractivity contribution in [2.45, 2.75) is 19.1 Å². The Morgan fingerprint density at radius 1 is 1.33 bits per heavy atom. The number of amides is 1. The van der Waals surface area contributed by atoms with Crippen LogP contribution in [0.3, 0.4) is 0 Å². The van der Waals surface area contributed by atoms with Gasteiger partial charge in [0.05, 0.1) is 52.9 Å².